The van der Waals surface area contributed by atoms with E-state index < -0.39 is 5.41 Å². The lowest BCUT2D eigenvalue weighted by atomic mass is 9.97. The van der Waals surface area contributed by atoms with Crippen LogP contribution < -0.4 is 4.74 Å². The third-order valence-electron chi connectivity index (χ3n) is 2.44. The molecule has 0 saturated heterocycles. The van der Waals surface area contributed by atoms with Crippen LogP contribution in [0.4, 0.5) is 0 Å². The van der Waals surface area contributed by atoms with E-state index in [2.05, 4.69) is 0 Å². The molecule has 3 nitrogen and oxygen atoms in total. The number of hydrogen-bond donors (Lipinski definition) is 1. The van der Waals surface area contributed by atoms with Gasteiger partial charge in [-0.3, -0.25) is 4.79 Å². The van der Waals surface area contributed by atoms with Crippen molar-refractivity contribution in [1.29, 1.82) is 0 Å². The third kappa shape index (κ3) is 2.91. The first-order chi connectivity index (χ1) is 7.64. The Kier molecular flexibility index (Phi) is 3.72. The number of rotatable bonds is 1. The Morgan fingerprint density at radius 3 is 2.35 bits per heavy atom. The van der Waals surface area contributed by atoms with Crippen LogP contribution >= 0.6 is 11.6 Å². The molecule has 0 unspecified atom stereocenters. The molecule has 0 bridgehead atoms. The van der Waals surface area contributed by atoms with Crippen molar-refractivity contribution >= 4 is 17.6 Å². The van der Waals surface area contributed by atoms with Crippen LogP contribution in [-0.4, -0.2) is 11.1 Å². The summed E-state index contributed by atoms with van der Waals surface area (Å²) in [6.45, 7) is 8.71. The van der Waals surface area contributed by atoms with Crippen molar-refractivity contribution in [2.24, 2.45) is 5.41 Å². The van der Waals surface area contributed by atoms with Gasteiger partial charge in [0.2, 0.25) is 0 Å². The number of phenolic OH excluding ortho intramolecular Hbond substituents is 1. The van der Waals surface area contributed by atoms with E-state index in [9.17, 15) is 9.90 Å². The molecule has 0 aliphatic rings. The number of phenols is 1. The smallest absolute Gasteiger partial charge is 0.316 e. The number of carbonyl (C=O) groups excluding carboxylic acids is 1. The summed E-state index contributed by atoms with van der Waals surface area (Å²) in [5.41, 5.74) is 0.551. The molecular weight excluding hydrogens is 240 g/mol. The number of halogens is 1. The fourth-order valence-corrected chi connectivity index (χ4v) is 1.42. The summed E-state index contributed by atoms with van der Waals surface area (Å²) in [7, 11) is 0. The van der Waals surface area contributed by atoms with Crippen molar-refractivity contribution in [2.75, 3.05) is 0 Å². The topological polar surface area (TPSA) is 46.5 Å². The number of esters is 1. The van der Waals surface area contributed by atoms with Gasteiger partial charge in [0, 0.05) is 5.56 Å². The molecule has 4 heteroatoms. The molecular formula is C13H17ClO3. The number of hydrogen-bond acceptors (Lipinski definition) is 3. The van der Waals surface area contributed by atoms with Gasteiger partial charge in [-0.2, -0.15) is 0 Å². The van der Waals surface area contributed by atoms with Crippen molar-refractivity contribution in [1.82, 2.24) is 0 Å². The SMILES string of the molecule is Cc1cc(OC(=O)C(C)(C)C)c(Cl)c(C)c1O. The van der Waals surface area contributed by atoms with E-state index in [4.69, 9.17) is 16.3 Å². The highest BCUT2D eigenvalue weighted by Crippen LogP contribution is 2.37. The van der Waals surface area contributed by atoms with Crippen LogP contribution in [-0.2, 0) is 4.79 Å². The van der Waals surface area contributed by atoms with Crippen LogP contribution in [0.1, 0.15) is 31.9 Å². The van der Waals surface area contributed by atoms with Gasteiger partial charge in [0.25, 0.3) is 0 Å². The lowest BCUT2D eigenvalue weighted by Gasteiger charge is -2.18. The second kappa shape index (κ2) is 4.57. The number of aromatic hydroxyl groups is 1. The molecule has 0 atom stereocenters. The fourth-order valence-electron chi connectivity index (χ4n) is 1.24. The van der Waals surface area contributed by atoms with Gasteiger partial charge in [-0.1, -0.05) is 11.6 Å². The van der Waals surface area contributed by atoms with E-state index in [0.29, 0.717) is 16.9 Å². The maximum Gasteiger partial charge on any atom is 0.316 e. The lowest BCUT2D eigenvalue weighted by molar-refractivity contribution is -0.142. The zero-order valence-corrected chi connectivity index (χ0v) is 11.5. The maximum absolute atomic E-state index is 11.8. The van der Waals surface area contributed by atoms with Crippen molar-refractivity contribution in [2.45, 2.75) is 34.6 Å². The second-order valence-corrected chi connectivity index (χ2v) is 5.50. The predicted octanol–water partition coefficient (Wildman–Crippen LogP) is 3.61. The van der Waals surface area contributed by atoms with Crippen LogP contribution in [0, 0.1) is 19.3 Å². The highest BCUT2D eigenvalue weighted by atomic mass is 35.5. The Morgan fingerprint density at radius 1 is 1.35 bits per heavy atom. The zero-order valence-electron chi connectivity index (χ0n) is 10.7. The third-order valence-corrected chi connectivity index (χ3v) is 2.91. The van der Waals surface area contributed by atoms with Crippen molar-refractivity contribution in [3.8, 4) is 11.5 Å². The Morgan fingerprint density at radius 2 is 1.88 bits per heavy atom. The van der Waals surface area contributed by atoms with Crippen LogP contribution in [0.25, 0.3) is 0 Å². The largest absolute Gasteiger partial charge is 0.507 e. The van der Waals surface area contributed by atoms with Gasteiger partial charge < -0.3 is 9.84 Å². The van der Waals surface area contributed by atoms with Crippen LogP contribution in [0.3, 0.4) is 0 Å². The Hall–Kier alpha value is -1.22. The normalized spacial score (nSPS) is 11.4. The zero-order chi connectivity index (χ0) is 13.4. The molecule has 17 heavy (non-hydrogen) atoms. The molecule has 0 aliphatic heterocycles. The molecule has 0 saturated carbocycles. The Bertz CT molecular complexity index is 459. The highest BCUT2D eigenvalue weighted by molar-refractivity contribution is 6.33. The first-order valence-electron chi connectivity index (χ1n) is 5.35. The molecule has 1 N–H and O–H groups in total. The minimum atomic E-state index is -0.594. The van der Waals surface area contributed by atoms with Gasteiger partial charge in [-0.05, 0) is 46.2 Å². The van der Waals surface area contributed by atoms with Crippen LogP contribution in [0.5, 0.6) is 11.5 Å². The van der Waals surface area contributed by atoms with Gasteiger partial charge in [0.15, 0.2) is 0 Å². The Balaban J connectivity index is 3.13. The average Bonchev–Trinajstić information content (AvgIpc) is 2.21. The van der Waals surface area contributed by atoms with Crippen LogP contribution in [0.2, 0.25) is 5.02 Å². The molecule has 0 spiro atoms. The summed E-state index contributed by atoms with van der Waals surface area (Å²) in [4.78, 5) is 11.8. The fraction of sp³-hybridized carbons (Fsp3) is 0.462. The molecule has 94 valence electrons. The lowest BCUT2D eigenvalue weighted by Crippen LogP contribution is -2.25. The number of ether oxygens (including phenoxy) is 1. The first kappa shape index (κ1) is 13.8. The molecule has 0 heterocycles. The number of benzene rings is 1. The van der Waals surface area contributed by atoms with Gasteiger partial charge in [-0.25, -0.2) is 0 Å². The van der Waals surface area contributed by atoms with Crippen molar-refractivity contribution in [3.05, 3.63) is 22.2 Å². The van der Waals surface area contributed by atoms with Crippen LogP contribution in [0.15, 0.2) is 6.07 Å². The Labute approximate surface area is 106 Å². The minimum Gasteiger partial charge on any atom is -0.507 e. The maximum atomic E-state index is 11.8. The summed E-state index contributed by atoms with van der Waals surface area (Å²) >= 11 is 6.03. The van der Waals surface area contributed by atoms with E-state index in [1.165, 1.54) is 0 Å². The molecule has 0 radical (unpaired) electrons. The van der Waals surface area contributed by atoms with E-state index in [0.717, 1.165) is 0 Å². The molecule has 1 aromatic rings. The number of aryl methyl sites for hydroxylation is 1. The molecule has 0 fully saturated rings. The van der Waals surface area contributed by atoms with Gasteiger partial charge in [0.05, 0.1) is 10.4 Å². The number of carbonyl (C=O) groups is 1. The summed E-state index contributed by atoms with van der Waals surface area (Å²) in [6.07, 6.45) is 0. The van der Waals surface area contributed by atoms with Gasteiger partial charge >= 0.3 is 5.97 Å². The first-order valence-corrected chi connectivity index (χ1v) is 5.73. The summed E-state index contributed by atoms with van der Waals surface area (Å²) in [5, 5.41) is 9.95. The molecule has 0 amide bonds. The summed E-state index contributed by atoms with van der Waals surface area (Å²) in [5.74, 6) is 0.0637. The van der Waals surface area contributed by atoms with Gasteiger partial charge in [-0.15, -0.1) is 0 Å². The van der Waals surface area contributed by atoms with Crippen molar-refractivity contribution in [3.63, 3.8) is 0 Å². The van der Waals surface area contributed by atoms with E-state index in [1.807, 2.05) is 0 Å². The molecule has 1 aromatic carbocycles. The quantitative estimate of drug-likeness (QED) is 0.617. The van der Waals surface area contributed by atoms with E-state index >= 15 is 0 Å². The molecule has 0 aromatic heterocycles. The average molecular weight is 257 g/mol. The van der Waals surface area contributed by atoms with E-state index in [1.54, 1.807) is 40.7 Å². The standard InChI is InChI=1S/C13H17ClO3/c1-7-6-9(10(14)8(2)11(7)15)17-12(16)13(3,4)5/h6,15H,1-5H3. The van der Waals surface area contributed by atoms with E-state index in [-0.39, 0.29) is 16.7 Å². The molecule has 0 aliphatic carbocycles. The molecule has 1 rings (SSSR count). The van der Waals surface area contributed by atoms with Gasteiger partial charge in [0.1, 0.15) is 11.5 Å². The summed E-state index contributed by atoms with van der Waals surface area (Å²) in [6, 6.07) is 1.56. The highest BCUT2D eigenvalue weighted by Gasteiger charge is 2.25. The summed E-state index contributed by atoms with van der Waals surface area (Å²) < 4.78 is 5.24. The van der Waals surface area contributed by atoms with Crippen molar-refractivity contribution < 1.29 is 14.6 Å². The second-order valence-electron chi connectivity index (χ2n) is 5.12. The monoisotopic (exact) mass is 256 g/mol. The minimum absolute atomic E-state index is 0.130. The predicted molar refractivity (Wildman–Crippen MR) is 67.7 cm³/mol.